The second kappa shape index (κ2) is 6.74. The van der Waals surface area contributed by atoms with E-state index in [0.717, 1.165) is 19.5 Å². The van der Waals surface area contributed by atoms with Gasteiger partial charge in [-0.1, -0.05) is 0 Å². The Labute approximate surface area is 155 Å². The maximum Gasteiger partial charge on any atom is 0.243 e. The van der Waals surface area contributed by atoms with Gasteiger partial charge in [-0.15, -0.1) is 11.8 Å². The van der Waals surface area contributed by atoms with Gasteiger partial charge in [0.1, 0.15) is 6.04 Å². The van der Waals surface area contributed by atoms with Crippen LogP contribution in [0.4, 0.5) is 0 Å². The Morgan fingerprint density at radius 3 is 2.64 bits per heavy atom. The van der Waals surface area contributed by atoms with Crippen LogP contribution in [-0.4, -0.2) is 75.7 Å². The number of fused-ring (bicyclic) bond motifs is 1. The van der Waals surface area contributed by atoms with Gasteiger partial charge in [0.25, 0.3) is 0 Å². The Bertz CT molecular complexity index is 546. The Morgan fingerprint density at radius 2 is 2.00 bits per heavy atom. The fraction of sp³-hybridized carbons (Fsp3) is 0.889. The highest BCUT2D eigenvalue weighted by molar-refractivity contribution is 8.01. The van der Waals surface area contributed by atoms with Crippen LogP contribution in [0.1, 0.15) is 47.5 Å². The van der Waals surface area contributed by atoms with E-state index in [2.05, 4.69) is 44.8 Å². The molecule has 4 unspecified atom stereocenters. The third kappa shape index (κ3) is 3.69. The minimum Gasteiger partial charge on any atom is -0.373 e. The number of thioether (sulfide) groups is 1. The number of hydrogen-bond acceptors (Lipinski definition) is 5. The topological polar surface area (TPSA) is 61.9 Å². The summed E-state index contributed by atoms with van der Waals surface area (Å²) >= 11 is 1.73. The Kier molecular flexibility index (Phi) is 5.12. The zero-order valence-electron chi connectivity index (χ0n) is 16.0. The summed E-state index contributed by atoms with van der Waals surface area (Å²) in [7, 11) is 0. The van der Waals surface area contributed by atoms with Crippen LogP contribution < -0.4 is 5.32 Å². The molecule has 0 aromatic rings. The minimum atomic E-state index is -0.330. The molecular formula is C18H31N3O3S. The van der Waals surface area contributed by atoms with Gasteiger partial charge in [0.2, 0.25) is 11.8 Å². The third-order valence-electron chi connectivity index (χ3n) is 5.72. The number of rotatable bonds is 4. The lowest BCUT2D eigenvalue weighted by molar-refractivity contribution is -0.138. The third-order valence-corrected chi connectivity index (χ3v) is 7.22. The summed E-state index contributed by atoms with van der Waals surface area (Å²) in [6.07, 6.45) is 1.80. The summed E-state index contributed by atoms with van der Waals surface area (Å²) in [5.41, 5.74) is -0.147. The Balaban J connectivity index is 1.59. The van der Waals surface area contributed by atoms with Crippen molar-refractivity contribution in [2.75, 3.05) is 25.4 Å². The normalized spacial score (nSPS) is 36.6. The first-order valence-corrected chi connectivity index (χ1v) is 10.3. The lowest BCUT2D eigenvalue weighted by Gasteiger charge is -2.45. The van der Waals surface area contributed by atoms with Gasteiger partial charge < -0.3 is 15.0 Å². The van der Waals surface area contributed by atoms with Crippen molar-refractivity contribution in [1.82, 2.24) is 15.1 Å². The highest BCUT2D eigenvalue weighted by Gasteiger charge is 2.53. The van der Waals surface area contributed by atoms with E-state index in [9.17, 15) is 9.59 Å². The molecule has 6 nitrogen and oxygen atoms in total. The number of carbonyl (C=O) groups is 2. The number of morpholine rings is 1. The summed E-state index contributed by atoms with van der Waals surface area (Å²) in [6, 6.07) is -0.330. The molecule has 3 rings (SSSR count). The average molecular weight is 370 g/mol. The van der Waals surface area contributed by atoms with Gasteiger partial charge in [-0.3, -0.25) is 14.5 Å². The molecule has 4 atom stereocenters. The van der Waals surface area contributed by atoms with Crippen LogP contribution in [0.25, 0.3) is 0 Å². The molecular weight excluding hydrogens is 338 g/mol. The standard InChI is InChI=1S/C18H31N3O3S/c1-12-8-20(9-13(2)24-12)17(3,4)11-19-16(23)14-10-25-18(5)7-6-15(22)21(14)18/h12-14H,6-11H2,1-5H3,(H,19,23). The van der Waals surface area contributed by atoms with E-state index >= 15 is 0 Å². The quantitative estimate of drug-likeness (QED) is 0.813. The second-order valence-corrected chi connectivity index (χ2v) is 9.96. The number of ether oxygens (including phenoxy) is 1. The van der Waals surface area contributed by atoms with E-state index in [1.54, 1.807) is 11.8 Å². The van der Waals surface area contributed by atoms with Crippen molar-refractivity contribution in [1.29, 1.82) is 0 Å². The SMILES string of the molecule is CC1CN(C(C)(C)CNC(=O)C2CSC3(C)CCC(=O)N23)CC(C)O1. The van der Waals surface area contributed by atoms with Gasteiger partial charge in [-0.2, -0.15) is 0 Å². The summed E-state index contributed by atoms with van der Waals surface area (Å²) in [5.74, 6) is 0.789. The first kappa shape index (κ1) is 19.0. The highest BCUT2D eigenvalue weighted by Crippen LogP contribution is 2.47. The van der Waals surface area contributed by atoms with Crippen LogP contribution in [-0.2, 0) is 14.3 Å². The molecule has 3 saturated heterocycles. The van der Waals surface area contributed by atoms with E-state index in [4.69, 9.17) is 4.74 Å². The van der Waals surface area contributed by atoms with Crippen LogP contribution in [0.5, 0.6) is 0 Å². The van der Waals surface area contributed by atoms with Gasteiger partial charge in [-0.25, -0.2) is 0 Å². The fourth-order valence-corrected chi connectivity index (χ4v) is 5.65. The smallest absolute Gasteiger partial charge is 0.243 e. The molecule has 3 heterocycles. The molecule has 0 aromatic carbocycles. The zero-order chi connectivity index (χ0) is 18.4. The molecule has 0 bridgehead atoms. The van der Waals surface area contributed by atoms with Crippen LogP contribution in [0.15, 0.2) is 0 Å². The molecule has 7 heteroatoms. The first-order valence-electron chi connectivity index (χ1n) is 9.27. The second-order valence-electron chi connectivity index (χ2n) is 8.46. The van der Waals surface area contributed by atoms with E-state index in [1.807, 2.05) is 4.90 Å². The van der Waals surface area contributed by atoms with Crippen molar-refractivity contribution in [3.05, 3.63) is 0 Å². The molecule has 0 radical (unpaired) electrons. The lowest BCUT2D eigenvalue weighted by Crippen LogP contribution is -2.60. The molecule has 2 amide bonds. The van der Waals surface area contributed by atoms with Crippen LogP contribution in [0.3, 0.4) is 0 Å². The van der Waals surface area contributed by atoms with Gasteiger partial charge in [-0.05, 0) is 41.0 Å². The Morgan fingerprint density at radius 1 is 1.36 bits per heavy atom. The van der Waals surface area contributed by atoms with Crippen LogP contribution in [0, 0.1) is 0 Å². The maximum atomic E-state index is 12.8. The van der Waals surface area contributed by atoms with E-state index in [0.29, 0.717) is 18.7 Å². The van der Waals surface area contributed by atoms with Crippen LogP contribution >= 0.6 is 11.8 Å². The number of carbonyl (C=O) groups excluding carboxylic acids is 2. The predicted molar refractivity (Wildman–Crippen MR) is 99.4 cm³/mol. The molecule has 1 N–H and O–H groups in total. The molecule has 0 saturated carbocycles. The van der Waals surface area contributed by atoms with Gasteiger partial charge >= 0.3 is 0 Å². The minimum absolute atomic E-state index is 0.0195. The van der Waals surface area contributed by atoms with Gasteiger partial charge in [0.05, 0.1) is 17.1 Å². The van der Waals surface area contributed by atoms with Crippen molar-refractivity contribution in [3.8, 4) is 0 Å². The van der Waals surface area contributed by atoms with Crippen molar-refractivity contribution in [3.63, 3.8) is 0 Å². The molecule has 0 aliphatic carbocycles. The highest BCUT2D eigenvalue weighted by atomic mass is 32.2. The lowest BCUT2D eigenvalue weighted by atomic mass is 10.00. The van der Waals surface area contributed by atoms with Gasteiger partial charge in [0, 0.05) is 37.3 Å². The van der Waals surface area contributed by atoms with Crippen molar-refractivity contribution in [2.45, 2.75) is 76.1 Å². The van der Waals surface area contributed by atoms with E-state index < -0.39 is 0 Å². The largest absolute Gasteiger partial charge is 0.373 e. The molecule has 0 aromatic heterocycles. The van der Waals surface area contributed by atoms with Crippen molar-refractivity contribution in [2.24, 2.45) is 0 Å². The molecule has 3 fully saturated rings. The molecule has 142 valence electrons. The number of nitrogens with one attached hydrogen (secondary N) is 1. The first-order chi connectivity index (χ1) is 11.6. The molecule has 3 aliphatic heterocycles. The summed E-state index contributed by atoms with van der Waals surface area (Å²) in [6.45, 7) is 12.9. The fourth-order valence-electron chi connectivity index (χ4n) is 4.22. The average Bonchev–Trinajstić information content (AvgIpc) is 3.01. The van der Waals surface area contributed by atoms with Crippen molar-refractivity contribution < 1.29 is 14.3 Å². The predicted octanol–water partition coefficient (Wildman–Crippen LogP) is 1.44. The zero-order valence-corrected chi connectivity index (χ0v) is 16.8. The van der Waals surface area contributed by atoms with Crippen LogP contribution in [0.2, 0.25) is 0 Å². The van der Waals surface area contributed by atoms with E-state index in [1.165, 1.54) is 0 Å². The molecule has 25 heavy (non-hydrogen) atoms. The van der Waals surface area contributed by atoms with Crippen molar-refractivity contribution >= 4 is 23.6 Å². The summed E-state index contributed by atoms with van der Waals surface area (Å²) in [4.78, 5) is 29.0. The Hall–Kier alpha value is -0.790. The molecule has 3 aliphatic rings. The number of nitrogens with zero attached hydrogens (tertiary/aromatic N) is 2. The number of hydrogen-bond donors (Lipinski definition) is 1. The van der Waals surface area contributed by atoms with E-state index in [-0.39, 0.29) is 40.5 Å². The number of amides is 2. The van der Waals surface area contributed by atoms with Gasteiger partial charge in [0.15, 0.2) is 0 Å². The summed E-state index contributed by atoms with van der Waals surface area (Å²) in [5, 5.41) is 3.11. The summed E-state index contributed by atoms with van der Waals surface area (Å²) < 4.78 is 5.81. The molecule has 0 spiro atoms. The maximum absolute atomic E-state index is 12.8. The monoisotopic (exact) mass is 369 g/mol.